The monoisotopic (exact) mass is 216 g/mol. The average Bonchev–Trinajstić information content (AvgIpc) is 3.01. The fourth-order valence-electron chi connectivity index (χ4n) is 1.88. The summed E-state index contributed by atoms with van der Waals surface area (Å²) < 4.78 is 5.63. The number of aromatic nitrogens is 3. The summed E-state index contributed by atoms with van der Waals surface area (Å²) in [5, 5.41) is 11.4. The van der Waals surface area contributed by atoms with Crippen LogP contribution < -0.4 is 5.32 Å². The Morgan fingerprint density at radius 3 is 3.12 bits per heavy atom. The Balaban J connectivity index is 1.87. The molecule has 2 aromatic rings. The van der Waals surface area contributed by atoms with Crippen molar-refractivity contribution in [3.8, 4) is 11.5 Å². The van der Waals surface area contributed by atoms with E-state index in [2.05, 4.69) is 20.5 Å². The van der Waals surface area contributed by atoms with Gasteiger partial charge in [-0.1, -0.05) is 0 Å². The van der Waals surface area contributed by atoms with Crippen molar-refractivity contribution in [2.45, 2.75) is 18.9 Å². The number of nitrogens with zero attached hydrogens (tertiary/aromatic N) is 3. The molecule has 0 saturated carbocycles. The van der Waals surface area contributed by atoms with Crippen LogP contribution in [0.2, 0.25) is 0 Å². The Morgan fingerprint density at radius 2 is 2.38 bits per heavy atom. The van der Waals surface area contributed by atoms with Gasteiger partial charge >= 0.3 is 0 Å². The summed E-state index contributed by atoms with van der Waals surface area (Å²) in [5.74, 6) is 1.22. The highest BCUT2D eigenvalue weighted by molar-refractivity contribution is 5.49. The second-order valence-corrected chi connectivity index (χ2v) is 3.84. The molecule has 0 spiro atoms. The van der Waals surface area contributed by atoms with Gasteiger partial charge in [0.1, 0.15) is 0 Å². The van der Waals surface area contributed by atoms with E-state index in [0.29, 0.717) is 11.8 Å². The summed E-state index contributed by atoms with van der Waals surface area (Å²) in [5.41, 5.74) is 0.860. The Morgan fingerprint density at radius 1 is 1.38 bits per heavy atom. The van der Waals surface area contributed by atoms with Gasteiger partial charge in [-0.15, -0.1) is 10.2 Å². The molecule has 0 aliphatic carbocycles. The number of nitrogens with one attached hydrogen (secondary N) is 1. The zero-order valence-corrected chi connectivity index (χ0v) is 8.76. The van der Waals surface area contributed by atoms with E-state index in [-0.39, 0.29) is 6.04 Å². The second kappa shape index (κ2) is 4.02. The second-order valence-electron chi connectivity index (χ2n) is 3.84. The van der Waals surface area contributed by atoms with Crippen molar-refractivity contribution in [3.05, 3.63) is 30.4 Å². The van der Waals surface area contributed by atoms with Crippen molar-refractivity contribution in [2.75, 3.05) is 6.54 Å². The molecule has 16 heavy (non-hydrogen) atoms. The summed E-state index contributed by atoms with van der Waals surface area (Å²) in [6, 6.07) is 3.98. The van der Waals surface area contributed by atoms with Gasteiger partial charge < -0.3 is 9.73 Å². The third-order valence-electron chi connectivity index (χ3n) is 2.71. The third kappa shape index (κ3) is 1.69. The minimum atomic E-state index is 0.220. The van der Waals surface area contributed by atoms with Gasteiger partial charge in [-0.05, 0) is 31.5 Å². The van der Waals surface area contributed by atoms with Crippen LogP contribution in [-0.2, 0) is 0 Å². The maximum Gasteiger partial charge on any atom is 0.249 e. The van der Waals surface area contributed by atoms with Crippen molar-refractivity contribution >= 4 is 0 Å². The molecule has 1 aliphatic heterocycles. The first kappa shape index (κ1) is 9.47. The van der Waals surface area contributed by atoms with Gasteiger partial charge in [-0.25, -0.2) is 0 Å². The Bertz CT molecular complexity index is 462. The van der Waals surface area contributed by atoms with Crippen molar-refractivity contribution in [2.24, 2.45) is 0 Å². The van der Waals surface area contributed by atoms with Crippen LogP contribution in [0.3, 0.4) is 0 Å². The van der Waals surface area contributed by atoms with Crippen molar-refractivity contribution in [1.82, 2.24) is 20.5 Å². The van der Waals surface area contributed by atoms with Crippen LogP contribution in [0.4, 0.5) is 0 Å². The molecule has 3 rings (SSSR count). The van der Waals surface area contributed by atoms with Crippen LogP contribution in [0.1, 0.15) is 24.8 Å². The maximum absolute atomic E-state index is 5.63. The van der Waals surface area contributed by atoms with Crippen molar-refractivity contribution in [3.63, 3.8) is 0 Å². The SMILES string of the molecule is c1cncc(-c2nnc(C3CCCN3)o2)c1. The van der Waals surface area contributed by atoms with Crippen molar-refractivity contribution < 1.29 is 4.42 Å². The van der Waals surface area contributed by atoms with Crippen LogP contribution in [0.15, 0.2) is 28.9 Å². The predicted octanol–water partition coefficient (Wildman–Crippen LogP) is 1.56. The highest BCUT2D eigenvalue weighted by Crippen LogP contribution is 2.24. The minimum absolute atomic E-state index is 0.220. The van der Waals surface area contributed by atoms with Gasteiger partial charge in [0.25, 0.3) is 0 Å². The van der Waals surface area contributed by atoms with Gasteiger partial charge in [-0.2, -0.15) is 0 Å². The first-order valence-electron chi connectivity index (χ1n) is 5.41. The standard InChI is InChI=1S/C11H12N4O/c1-3-8(7-12-5-1)10-14-15-11(16-10)9-4-2-6-13-9/h1,3,5,7,9,13H,2,4,6H2. The van der Waals surface area contributed by atoms with E-state index in [1.807, 2.05) is 12.1 Å². The first-order valence-corrected chi connectivity index (χ1v) is 5.41. The molecule has 1 atom stereocenters. The normalized spacial score (nSPS) is 20.1. The molecule has 0 bridgehead atoms. The zero-order chi connectivity index (χ0) is 10.8. The summed E-state index contributed by atoms with van der Waals surface area (Å²) in [6.07, 6.45) is 5.67. The van der Waals surface area contributed by atoms with Gasteiger partial charge in [-0.3, -0.25) is 4.98 Å². The molecular formula is C11H12N4O. The molecule has 0 radical (unpaired) electrons. The summed E-state index contributed by atoms with van der Waals surface area (Å²) in [4.78, 5) is 4.02. The Hall–Kier alpha value is -1.75. The first-order chi connectivity index (χ1) is 7.93. The zero-order valence-electron chi connectivity index (χ0n) is 8.76. The number of pyridine rings is 1. The Kier molecular flexibility index (Phi) is 2.38. The van der Waals surface area contributed by atoms with E-state index >= 15 is 0 Å². The molecule has 0 aromatic carbocycles. The number of hydrogen-bond donors (Lipinski definition) is 1. The molecule has 1 unspecified atom stereocenters. The topological polar surface area (TPSA) is 63.8 Å². The summed E-state index contributed by atoms with van der Waals surface area (Å²) >= 11 is 0. The molecule has 5 heteroatoms. The third-order valence-corrected chi connectivity index (χ3v) is 2.71. The van der Waals surface area contributed by atoms with E-state index < -0.39 is 0 Å². The quantitative estimate of drug-likeness (QED) is 0.825. The molecule has 1 fully saturated rings. The van der Waals surface area contributed by atoms with Crippen LogP contribution in [0.5, 0.6) is 0 Å². The molecule has 3 heterocycles. The van der Waals surface area contributed by atoms with E-state index in [0.717, 1.165) is 24.9 Å². The maximum atomic E-state index is 5.63. The Labute approximate surface area is 92.9 Å². The fraction of sp³-hybridized carbons (Fsp3) is 0.364. The summed E-state index contributed by atoms with van der Waals surface area (Å²) in [6.45, 7) is 1.02. The molecule has 1 N–H and O–H groups in total. The van der Waals surface area contributed by atoms with E-state index in [1.165, 1.54) is 0 Å². The van der Waals surface area contributed by atoms with Crippen molar-refractivity contribution in [1.29, 1.82) is 0 Å². The molecule has 2 aromatic heterocycles. The average molecular weight is 216 g/mol. The lowest BCUT2D eigenvalue weighted by atomic mass is 10.2. The van der Waals surface area contributed by atoms with Crippen LogP contribution in [0.25, 0.3) is 11.5 Å². The lowest BCUT2D eigenvalue weighted by Gasteiger charge is -2.02. The van der Waals surface area contributed by atoms with Crippen LogP contribution in [0, 0.1) is 0 Å². The lowest BCUT2D eigenvalue weighted by Crippen LogP contribution is -2.12. The van der Waals surface area contributed by atoms with Gasteiger partial charge in [0.15, 0.2) is 0 Å². The highest BCUT2D eigenvalue weighted by atomic mass is 16.4. The van der Waals surface area contributed by atoms with E-state index in [1.54, 1.807) is 12.4 Å². The smallest absolute Gasteiger partial charge is 0.249 e. The van der Waals surface area contributed by atoms with Gasteiger partial charge in [0.2, 0.25) is 11.8 Å². The number of hydrogen-bond acceptors (Lipinski definition) is 5. The molecule has 1 saturated heterocycles. The fourth-order valence-corrected chi connectivity index (χ4v) is 1.88. The van der Waals surface area contributed by atoms with Gasteiger partial charge in [0.05, 0.1) is 11.6 Å². The molecule has 82 valence electrons. The van der Waals surface area contributed by atoms with Crippen LogP contribution in [-0.4, -0.2) is 21.7 Å². The lowest BCUT2D eigenvalue weighted by molar-refractivity contribution is 0.437. The van der Waals surface area contributed by atoms with E-state index in [9.17, 15) is 0 Å². The highest BCUT2D eigenvalue weighted by Gasteiger charge is 2.22. The summed E-state index contributed by atoms with van der Waals surface area (Å²) in [7, 11) is 0. The molecule has 0 amide bonds. The predicted molar refractivity (Wildman–Crippen MR) is 57.5 cm³/mol. The largest absolute Gasteiger partial charge is 0.419 e. The molecule has 1 aliphatic rings. The van der Waals surface area contributed by atoms with E-state index in [4.69, 9.17) is 4.42 Å². The van der Waals surface area contributed by atoms with Crippen LogP contribution >= 0.6 is 0 Å². The minimum Gasteiger partial charge on any atom is -0.419 e. The number of rotatable bonds is 2. The molecule has 5 nitrogen and oxygen atoms in total. The molecular weight excluding hydrogens is 204 g/mol. The van der Waals surface area contributed by atoms with Gasteiger partial charge in [0, 0.05) is 12.4 Å².